The molecular weight excluding hydrogens is 246 g/mol. The molecule has 1 heterocycles. The van der Waals surface area contributed by atoms with E-state index in [0.29, 0.717) is 12.0 Å². The first-order chi connectivity index (χ1) is 9.92. The molecule has 2 heteroatoms. The maximum Gasteiger partial charge on any atom is 0.127 e. The Kier molecular flexibility index (Phi) is 2.95. The predicted octanol–water partition coefficient (Wildman–Crippen LogP) is 4.56. The summed E-state index contributed by atoms with van der Waals surface area (Å²) < 4.78 is 6.17. The standard InChI is InChI=1S/C18H19NO/c1-2-7-18(20-14-4-3-5-14)16(6-1)15-10-11-19-12-17(15)13-8-9-13/h1-2,6-7,10-14H,3-5,8-9H2. The van der Waals surface area contributed by atoms with Crippen LogP contribution in [-0.4, -0.2) is 11.1 Å². The van der Waals surface area contributed by atoms with Gasteiger partial charge in [-0.2, -0.15) is 0 Å². The third kappa shape index (κ3) is 2.20. The molecule has 102 valence electrons. The van der Waals surface area contributed by atoms with Gasteiger partial charge in [-0.05, 0) is 61.3 Å². The monoisotopic (exact) mass is 265 g/mol. The van der Waals surface area contributed by atoms with Crippen LogP contribution in [-0.2, 0) is 0 Å². The van der Waals surface area contributed by atoms with Crippen molar-refractivity contribution < 1.29 is 4.74 Å². The lowest BCUT2D eigenvalue weighted by Gasteiger charge is -2.27. The smallest absolute Gasteiger partial charge is 0.127 e. The molecule has 2 saturated carbocycles. The fourth-order valence-electron chi connectivity index (χ4n) is 2.83. The molecule has 0 unspecified atom stereocenters. The molecule has 0 N–H and O–H groups in total. The molecule has 0 saturated heterocycles. The number of nitrogens with zero attached hydrogens (tertiary/aromatic N) is 1. The van der Waals surface area contributed by atoms with Crippen LogP contribution in [0.15, 0.2) is 42.7 Å². The fourth-order valence-corrected chi connectivity index (χ4v) is 2.83. The van der Waals surface area contributed by atoms with Gasteiger partial charge in [0.1, 0.15) is 5.75 Å². The minimum atomic E-state index is 0.419. The number of para-hydroxylation sites is 1. The van der Waals surface area contributed by atoms with Crippen molar-refractivity contribution >= 4 is 0 Å². The molecule has 0 aliphatic heterocycles. The van der Waals surface area contributed by atoms with Crippen molar-refractivity contribution in [2.45, 2.75) is 44.1 Å². The Bertz CT molecular complexity index is 614. The second-order valence-corrected chi connectivity index (χ2v) is 5.90. The Hall–Kier alpha value is -1.83. The van der Waals surface area contributed by atoms with Crippen LogP contribution in [0.3, 0.4) is 0 Å². The van der Waals surface area contributed by atoms with Crippen molar-refractivity contribution in [2.24, 2.45) is 0 Å². The number of hydrogen-bond donors (Lipinski definition) is 0. The fraction of sp³-hybridized carbons (Fsp3) is 0.389. The van der Waals surface area contributed by atoms with Crippen molar-refractivity contribution in [3.05, 3.63) is 48.3 Å². The van der Waals surface area contributed by atoms with E-state index in [4.69, 9.17) is 4.74 Å². The van der Waals surface area contributed by atoms with Gasteiger partial charge in [-0.3, -0.25) is 4.98 Å². The summed E-state index contributed by atoms with van der Waals surface area (Å²) in [5.41, 5.74) is 3.92. The Morgan fingerprint density at radius 1 is 0.950 bits per heavy atom. The number of rotatable bonds is 4. The molecule has 1 aromatic heterocycles. The summed E-state index contributed by atoms with van der Waals surface area (Å²) >= 11 is 0. The average molecular weight is 265 g/mol. The number of pyridine rings is 1. The normalized spacial score (nSPS) is 18.6. The van der Waals surface area contributed by atoms with Gasteiger partial charge in [-0.25, -0.2) is 0 Å². The zero-order valence-electron chi connectivity index (χ0n) is 11.6. The van der Waals surface area contributed by atoms with Gasteiger partial charge in [0.2, 0.25) is 0 Å². The second-order valence-electron chi connectivity index (χ2n) is 5.90. The summed E-state index contributed by atoms with van der Waals surface area (Å²) in [6.45, 7) is 0. The van der Waals surface area contributed by atoms with Gasteiger partial charge in [0.25, 0.3) is 0 Å². The lowest BCUT2D eigenvalue weighted by molar-refractivity contribution is 0.121. The Labute approximate surface area is 119 Å². The summed E-state index contributed by atoms with van der Waals surface area (Å²) in [5, 5.41) is 0. The van der Waals surface area contributed by atoms with E-state index in [-0.39, 0.29) is 0 Å². The van der Waals surface area contributed by atoms with Crippen LogP contribution < -0.4 is 4.74 Å². The first-order valence-corrected chi connectivity index (χ1v) is 7.62. The minimum Gasteiger partial charge on any atom is -0.490 e. The zero-order valence-corrected chi connectivity index (χ0v) is 11.6. The van der Waals surface area contributed by atoms with Crippen LogP contribution in [0.25, 0.3) is 11.1 Å². The van der Waals surface area contributed by atoms with E-state index < -0.39 is 0 Å². The third-order valence-electron chi connectivity index (χ3n) is 4.39. The third-order valence-corrected chi connectivity index (χ3v) is 4.39. The van der Waals surface area contributed by atoms with E-state index in [1.807, 2.05) is 12.4 Å². The number of ether oxygens (including phenoxy) is 1. The molecule has 0 amide bonds. The quantitative estimate of drug-likeness (QED) is 0.808. The summed E-state index contributed by atoms with van der Waals surface area (Å²) in [5.74, 6) is 1.74. The number of hydrogen-bond acceptors (Lipinski definition) is 2. The van der Waals surface area contributed by atoms with Gasteiger partial charge >= 0.3 is 0 Å². The van der Waals surface area contributed by atoms with Crippen molar-refractivity contribution in [1.29, 1.82) is 0 Å². The lowest BCUT2D eigenvalue weighted by atomic mass is 9.95. The van der Waals surface area contributed by atoms with E-state index in [0.717, 1.165) is 5.75 Å². The molecule has 2 aromatic rings. The molecule has 0 bridgehead atoms. The maximum atomic E-state index is 6.17. The molecule has 0 radical (unpaired) electrons. The van der Waals surface area contributed by atoms with Crippen LogP contribution in [0, 0.1) is 0 Å². The highest BCUT2D eigenvalue weighted by atomic mass is 16.5. The molecule has 2 nitrogen and oxygen atoms in total. The van der Waals surface area contributed by atoms with E-state index in [9.17, 15) is 0 Å². The largest absolute Gasteiger partial charge is 0.490 e. The van der Waals surface area contributed by atoms with Crippen LogP contribution in [0.1, 0.15) is 43.6 Å². The summed E-state index contributed by atoms with van der Waals surface area (Å²) in [7, 11) is 0. The highest BCUT2D eigenvalue weighted by molar-refractivity contribution is 5.73. The molecule has 1 aromatic carbocycles. The van der Waals surface area contributed by atoms with Gasteiger partial charge in [0.15, 0.2) is 0 Å². The van der Waals surface area contributed by atoms with Gasteiger partial charge in [0.05, 0.1) is 6.10 Å². The molecule has 4 rings (SSSR count). The predicted molar refractivity (Wildman–Crippen MR) is 79.9 cm³/mol. The molecule has 2 fully saturated rings. The van der Waals surface area contributed by atoms with E-state index in [1.54, 1.807) is 0 Å². The highest BCUT2D eigenvalue weighted by Crippen LogP contribution is 2.45. The average Bonchev–Trinajstić information content (AvgIpc) is 3.28. The summed E-state index contributed by atoms with van der Waals surface area (Å²) in [6.07, 6.45) is 10.6. The van der Waals surface area contributed by atoms with Gasteiger partial charge < -0.3 is 4.74 Å². The SMILES string of the molecule is c1ccc(-c2ccncc2C2CC2)c(OC2CCC2)c1. The van der Waals surface area contributed by atoms with E-state index in [2.05, 4.69) is 35.3 Å². The van der Waals surface area contributed by atoms with Crippen molar-refractivity contribution in [2.75, 3.05) is 0 Å². The molecule has 0 atom stereocenters. The first-order valence-electron chi connectivity index (χ1n) is 7.62. The van der Waals surface area contributed by atoms with Crippen molar-refractivity contribution in [1.82, 2.24) is 4.98 Å². The van der Waals surface area contributed by atoms with Gasteiger partial charge in [-0.1, -0.05) is 18.2 Å². The number of benzene rings is 1. The second kappa shape index (κ2) is 4.93. The summed E-state index contributed by atoms with van der Waals surface area (Å²) in [4.78, 5) is 4.31. The Morgan fingerprint density at radius 2 is 1.80 bits per heavy atom. The Balaban J connectivity index is 1.73. The lowest BCUT2D eigenvalue weighted by Crippen LogP contribution is -2.24. The number of aromatic nitrogens is 1. The zero-order chi connectivity index (χ0) is 13.4. The Morgan fingerprint density at radius 3 is 2.55 bits per heavy atom. The van der Waals surface area contributed by atoms with Gasteiger partial charge in [0, 0.05) is 18.0 Å². The molecule has 0 spiro atoms. The van der Waals surface area contributed by atoms with Crippen LogP contribution in [0.5, 0.6) is 5.75 Å². The maximum absolute atomic E-state index is 6.17. The molecular formula is C18H19NO. The van der Waals surface area contributed by atoms with Crippen molar-refractivity contribution in [3.8, 4) is 16.9 Å². The van der Waals surface area contributed by atoms with E-state index in [1.165, 1.54) is 48.8 Å². The first kappa shape index (κ1) is 12.0. The van der Waals surface area contributed by atoms with Crippen molar-refractivity contribution in [3.63, 3.8) is 0 Å². The highest BCUT2D eigenvalue weighted by Gasteiger charge is 2.28. The van der Waals surface area contributed by atoms with Gasteiger partial charge in [-0.15, -0.1) is 0 Å². The van der Waals surface area contributed by atoms with E-state index >= 15 is 0 Å². The molecule has 2 aliphatic carbocycles. The van der Waals surface area contributed by atoms with Crippen LogP contribution in [0.2, 0.25) is 0 Å². The minimum absolute atomic E-state index is 0.419. The van der Waals surface area contributed by atoms with Crippen LogP contribution >= 0.6 is 0 Å². The molecule has 20 heavy (non-hydrogen) atoms. The van der Waals surface area contributed by atoms with Crippen LogP contribution in [0.4, 0.5) is 0 Å². The topological polar surface area (TPSA) is 22.1 Å². The molecule has 2 aliphatic rings. The summed E-state index contributed by atoms with van der Waals surface area (Å²) in [6, 6.07) is 10.6.